The van der Waals surface area contributed by atoms with E-state index < -0.39 is 6.16 Å². The van der Waals surface area contributed by atoms with Gasteiger partial charge >= 0.3 is 6.16 Å². The average Bonchev–Trinajstić information content (AvgIpc) is 1.88. The summed E-state index contributed by atoms with van der Waals surface area (Å²) in [5, 5.41) is 29.2. The van der Waals surface area contributed by atoms with E-state index in [4.69, 9.17) is 25.2 Å². The molecule has 0 saturated heterocycles. The lowest BCUT2D eigenvalue weighted by atomic mass is 10.8. The monoisotopic (exact) mass is 166 g/mol. The molecule has 68 valence electrons. The van der Waals surface area contributed by atoms with E-state index in [9.17, 15) is 0 Å². The quantitative estimate of drug-likeness (QED) is 0.422. The Balaban J connectivity index is -0.0000000886. The number of aliphatic hydroxyl groups excluding tert-OH is 2. The van der Waals surface area contributed by atoms with Gasteiger partial charge in [-0.3, -0.25) is 0 Å². The fraction of sp³-hybridized carbons (Fsp3) is 0.500. The predicted octanol–water partition coefficient (Wildman–Crippen LogP) is 0.386. The van der Waals surface area contributed by atoms with Crippen LogP contribution in [0.4, 0.5) is 4.79 Å². The molecule has 0 aliphatic carbocycles. The number of rotatable bonds is 1. The van der Waals surface area contributed by atoms with Gasteiger partial charge in [-0.1, -0.05) is 6.08 Å². The SMILES string of the molecule is C=CC.O=C(O)O.OCCO. The molecular weight excluding hydrogens is 152 g/mol. The molecule has 0 amide bonds. The number of carboxylic acid groups (broad SMARTS) is 2. The molecular formula is C6H14O5. The maximum Gasteiger partial charge on any atom is 0.503 e. The van der Waals surface area contributed by atoms with Crippen LogP contribution in [0.1, 0.15) is 6.92 Å². The van der Waals surface area contributed by atoms with Crippen molar-refractivity contribution in [1.82, 2.24) is 0 Å². The minimum absolute atomic E-state index is 0.125. The molecule has 5 heteroatoms. The summed E-state index contributed by atoms with van der Waals surface area (Å²) in [5.74, 6) is 0. The Labute approximate surface area is 65.2 Å². The molecule has 0 heterocycles. The molecule has 0 aliphatic rings. The molecule has 0 radical (unpaired) electrons. The van der Waals surface area contributed by atoms with E-state index in [1.807, 2.05) is 6.92 Å². The van der Waals surface area contributed by atoms with Crippen molar-refractivity contribution in [2.75, 3.05) is 13.2 Å². The van der Waals surface area contributed by atoms with Crippen LogP contribution >= 0.6 is 0 Å². The van der Waals surface area contributed by atoms with Gasteiger partial charge in [0.1, 0.15) is 0 Å². The Bertz CT molecular complexity index is 75.0. The van der Waals surface area contributed by atoms with Crippen molar-refractivity contribution in [1.29, 1.82) is 0 Å². The third-order valence-corrected chi connectivity index (χ3v) is 0.1000. The summed E-state index contributed by atoms with van der Waals surface area (Å²) in [6, 6.07) is 0. The second-order valence-corrected chi connectivity index (χ2v) is 1.14. The topological polar surface area (TPSA) is 98.0 Å². The van der Waals surface area contributed by atoms with Gasteiger partial charge in [-0.15, -0.1) is 6.58 Å². The molecule has 0 aliphatic heterocycles. The maximum absolute atomic E-state index is 8.56. The van der Waals surface area contributed by atoms with E-state index in [0.29, 0.717) is 0 Å². The van der Waals surface area contributed by atoms with E-state index in [1.54, 1.807) is 6.08 Å². The third kappa shape index (κ3) is 87500. The minimum Gasteiger partial charge on any atom is -0.450 e. The van der Waals surface area contributed by atoms with E-state index in [1.165, 1.54) is 0 Å². The number of allylic oxidation sites excluding steroid dienone is 1. The molecule has 0 bridgehead atoms. The molecule has 0 unspecified atom stereocenters. The van der Waals surface area contributed by atoms with Crippen molar-refractivity contribution in [2.45, 2.75) is 6.92 Å². The van der Waals surface area contributed by atoms with Crippen LogP contribution < -0.4 is 0 Å². The summed E-state index contributed by atoms with van der Waals surface area (Å²) in [4.78, 5) is 8.56. The van der Waals surface area contributed by atoms with Crippen LogP contribution in [0.2, 0.25) is 0 Å². The van der Waals surface area contributed by atoms with Crippen molar-refractivity contribution in [3.05, 3.63) is 12.7 Å². The fourth-order valence-electron chi connectivity index (χ4n) is 0. The molecule has 0 aromatic heterocycles. The molecule has 0 fully saturated rings. The van der Waals surface area contributed by atoms with E-state index in [0.717, 1.165) is 0 Å². The zero-order valence-corrected chi connectivity index (χ0v) is 6.40. The number of aliphatic hydroxyl groups is 2. The zero-order chi connectivity index (χ0) is 9.70. The van der Waals surface area contributed by atoms with Gasteiger partial charge in [-0.05, 0) is 6.92 Å². The molecule has 4 N–H and O–H groups in total. The first-order valence-corrected chi connectivity index (χ1v) is 2.77. The lowest BCUT2D eigenvalue weighted by Gasteiger charge is -1.70. The number of carbonyl (C=O) groups is 1. The fourth-order valence-corrected chi connectivity index (χ4v) is 0. The van der Waals surface area contributed by atoms with Crippen molar-refractivity contribution in [2.24, 2.45) is 0 Å². The molecule has 11 heavy (non-hydrogen) atoms. The van der Waals surface area contributed by atoms with Gasteiger partial charge in [0.2, 0.25) is 0 Å². The molecule has 0 atom stereocenters. The minimum atomic E-state index is -1.83. The second kappa shape index (κ2) is 23.1. The molecule has 5 nitrogen and oxygen atoms in total. The highest BCUT2D eigenvalue weighted by atomic mass is 16.6. The average molecular weight is 166 g/mol. The van der Waals surface area contributed by atoms with Gasteiger partial charge in [0.05, 0.1) is 13.2 Å². The van der Waals surface area contributed by atoms with Gasteiger partial charge in [-0.25, -0.2) is 4.79 Å². The van der Waals surface area contributed by atoms with Gasteiger partial charge in [0, 0.05) is 0 Å². The number of hydrogen-bond donors (Lipinski definition) is 4. The van der Waals surface area contributed by atoms with Crippen LogP contribution in [-0.2, 0) is 0 Å². The Morgan fingerprint density at radius 2 is 1.45 bits per heavy atom. The summed E-state index contributed by atoms with van der Waals surface area (Å²) in [6.07, 6.45) is -0.0833. The Hall–Kier alpha value is -1.07. The van der Waals surface area contributed by atoms with E-state index in [-0.39, 0.29) is 13.2 Å². The first-order chi connectivity index (χ1) is 5.06. The highest BCUT2D eigenvalue weighted by Gasteiger charge is 1.70. The van der Waals surface area contributed by atoms with Crippen LogP contribution in [0.15, 0.2) is 12.7 Å². The summed E-state index contributed by atoms with van der Waals surface area (Å²) in [7, 11) is 0. The summed E-state index contributed by atoms with van der Waals surface area (Å²) in [6.45, 7) is 5.00. The van der Waals surface area contributed by atoms with Crippen LogP contribution in [0.25, 0.3) is 0 Å². The van der Waals surface area contributed by atoms with Crippen LogP contribution in [-0.4, -0.2) is 39.8 Å². The van der Waals surface area contributed by atoms with Crippen LogP contribution in [0, 0.1) is 0 Å². The summed E-state index contributed by atoms with van der Waals surface area (Å²) < 4.78 is 0. The maximum atomic E-state index is 8.56. The molecule has 0 spiro atoms. The highest BCUT2D eigenvalue weighted by molar-refractivity contribution is 5.53. The van der Waals surface area contributed by atoms with Gasteiger partial charge in [0.15, 0.2) is 0 Å². The standard InChI is InChI=1S/C3H6.C2H6O2.CH2O3/c1-3-2;3-1-2-4;2-1(3)4/h3H,1H2,2H3;3-4H,1-2H2;(H2,2,3,4). The summed E-state index contributed by atoms with van der Waals surface area (Å²) >= 11 is 0. The Kier molecular flexibility index (Phi) is 34.6. The molecule has 0 aromatic carbocycles. The van der Waals surface area contributed by atoms with Crippen molar-refractivity contribution in [3.8, 4) is 0 Å². The lowest BCUT2D eigenvalue weighted by molar-refractivity contribution is 0.137. The van der Waals surface area contributed by atoms with Gasteiger partial charge in [0.25, 0.3) is 0 Å². The number of hydrogen-bond acceptors (Lipinski definition) is 3. The third-order valence-electron chi connectivity index (χ3n) is 0.1000. The summed E-state index contributed by atoms with van der Waals surface area (Å²) in [5.41, 5.74) is 0. The van der Waals surface area contributed by atoms with Crippen molar-refractivity contribution >= 4 is 6.16 Å². The lowest BCUT2D eigenvalue weighted by Crippen LogP contribution is -1.85. The Morgan fingerprint density at radius 1 is 1.36 bits per heavy atom. The predicted molar refractivity (Wildman–Crippen MR) is 40.7 cm³/mol. The Morgan fingerprint density at radius 3 is 1.45 bits per heavy atom. The normalized spacial score (nSPS) is 6.09. The van der Waals surface area contributed by atoms with Gasteiger partial charge in [-0.2, -0.15) is 0 Å². The molecule has 0 saturated carbocycles. The van der Waals surface area contributed by atoms with Crippen LogP contribution in [0.5, 0.6) is 0 Å². The largest absolute Gasteiger partial charge is 0.503 e. The second-order valence-electron chi connectivity index (χ2n) is 1.14. The first kappa shape index (κ1) is 16.5. The zero-order valence-electron chi connectivity index (χ0n) is 6.40. The molecule has 0 aromatic rings. The van der Waals surface area contributed by atoms with Crippen LogP contribution in [0.3, 0.4) is 0 Å². The van der Waals surface area contributed by atoms with E-state index in [2.05, 4.69) is 6.58 Å². The van der Waals surface area contributed by atoms with E-state index >= 15 is 0 Å². The highest BCUT2D eigenvalue weighted by Crippen LogP contribution is 1.42. The smallest absolute Gasteiger partial charge is 0.450 e. The van der Waals surface area contributed by atoms with Crippen molar-refractivity contribution < 1.29 is 25.2 Å². The first-order valence-electron chi connectivity index (χ1n) is 2.77. The van der Waals surface area contributed by atoms with Gasteiger partial charge < -0.3 is 20.4 Å². The molecule has 0 rings (SSSR count). The van der Waals surface area contributed by atoms with Crippen molar-refractivity contribution in [3.63, 3.8) is 0 Å².